The first-order chi connectivity index (χ1) is 13.0. The van der Waals surface area contributed by atoms with Crippen molar-refractivity contribution in [3.05, 3.63) is 33.0 Å². The van der Waals surface area contributed by atoms with Gasteiger partial charge in [-0.05, 0) is 58.4 Å². The predicted octanol–water partition coefficient (Wildman–Crippen LogP) is 4.28. The number of esters is 1. The Labute approximate surface area is 163 Å². The van der Waals surface area contributed by atoms with Gasteiger partial charge in [0.05, 0.1) is 23.4 Å². The highest BCUT2D eigenvalue weighted by Gasteiger charge is 2.28. The average Bonchev–Trinajstić information content (AvgIpc) is 3.15. The zero-order chi connectivity index (χ0) is 19.6. The SMILES string of the molecule is CCCOC(=O)c1c(NC(=O)c2c(C)nn(CC)c2C)sc2c1CCCC2. The molecule has 1 aliphatic rings. The van der Waals surface area contributed by atoms with E-state index in [1.165, 1.54) is 16.2 Å². The van der Waals surface area contributed by atoms with Crippen molar-refractivity contribution < 1.29 is 14.3 Å². The molecule has 0 saturated carbocycles. The summed E-state index contributed by atoms with van der Waals surface area (Å²) in [5.41, 5.74) is 3.72. The maximum atomic E-state index is 13.0. The number of hydrogen-bond acceptors (Lipinski definition) is 5. The maximum absolute atomic E-state index is 13.0. The fraction of sp³-hybridized carbons (Fsp3) is 0.550. The summed E-state index contributed by atoms with van der Waals surface area (Å²) in [5, 5.41) is 8.02. The van der Waals surface area contributed by atoms with E-state index in [2.05, 4.69) is 10.4 Å². The Kier molecular flexibility index (Phi) is 5.99. The minimum Gasteiger partial charge on any atom is -0.462 e. The second kappa shape index (κ2) is 8.25. The standard InChI is InChI=1S/C20H27N3O3S/c1-5-11-26-20(25)17-14-9-7-8-10-15(14)27-19(17)21-18(24)16-12(3)22-23(6-2)13(16)4/h5-11H2,1-4H3,(H,21,24). The molecule has 2 aromatic heterocycles. The second-order valence-corrected chi connectivity index (χ2v) is 7.97. The number of rotatable bonds is 6. The molecule has 0 aromatic carbocycles. The number of nitrogens with one attached hydrogen (secondary N) is 1. The van der Waals surface area contributed by atoms with Crippen LogP contribution >= 0.6 is 11.3 Å². The number of aromatic nitrogens is 2. The molecule has 1 amide bonds. The van der Waals surface area contributed by atoms with Gasteiger partial charge in [0.15, 0.2) is 0 Å². The van der Waals surface area contributed by atoms with E-state index in [9.17, 15) is 9.59 Å². The highest BCUT2D eigenvalue weighted by Crippen LogP contribution is 2.39. The molecule has 3 rings (SSSR count). The number of ether oxygens (including phenoxy) is 1. The number of hydrogen-bond donors (Lipinski definition) is 1. The Morgan fingerprint density at radius 2 is 1.93 bits per heavy atom. The van der Waals surface area contributed by atoms with Crippen LogP contribution in [0.5, 0.6) is 0 Å². The van der Waals surface area contributed by atoms with Crippen LogP contribution in [-0.2, 0) is 24.1 Å². The Bertz CT molecular complexity index is 866. The van der Waals surface area contributed by atoms with Crippen LogP contribution in [0.3, 0.4) is 0 Å². The summed E-state index contributed by atoms with van der Waals surface area (Å²) >= 11 is 1.51. The lowest BCUT2D eigenvalue weighted by atomic mass is 9.95. The molecule has 1 N–H and O–H groups in total. The summed E-state index contributed by atoms with van der Waals surface area (Å²) in [6.45, 7) is 8.80. The lowest BCUT2D eigenvalue weighted by molar-refractivity contribution is 0.0505. The largest absolute Gasteiger partial charge is 0.462 e. The lowest BCUT2D eigenvalue weighted by Gasteiger charge is -2.12. The van der Waals surface area contributed by atoms with E-state index in [0.29, 0.717) is 35.0 Å². The van der Waals surface area contributed by atoms with Crippen molar-refractivity contribution in [2.45, 2.75) is 66.3 Å². The molecule has 0 saturated heterocycles. The number of carbonyl (C=O) groups is 2. The number of nitrogens with zero attached hydrogens (tertiary/aromatic N) is 2. The number of anilines is 1. The molecule has 146 valence electrons. The molecule has 6 nitrogen and oxygen atoms in total. The molecule has 0 atom stereocenters. The van der Waals surface area contributed by atoms with Crippen LogP contribution in [0.25, 0.3) is 0 Å². The molecule has 0 aliphatic heterocycles. The number of thiophene rings is 1. The Morgan fingerprint density at radius 1 is 1.19 bits per heavy atom. The Hall–Kier alpha value is -2.15. The number of aryl methyl sites for hydroxylation is 3. The van der Waals surface area contributed by atoms with Gasteiger partial charge in [0, 0.05) is 17.1 Å². The summed E-state index contributed by atoms with van der Waals surface area (Å²) in [4.78, 5) is 26.8. The van der Waals surface area contributed by atoms with Crippen molar-refractivity contribution in [1.29, 1.82) is 0 Å². The van der Waals surface area contributed by atoms with Gasteiger partial charge in [-0.25, -0.2) is 4.79 Å². The van der Waals surface area contributed by atoms with Crippen LogP contribution in [0.4, 0.5) is 5.00 Å². The van der Waals surface area contributed by atoms with Crippen LogP contribution in [0.15, 0.2) is 0 Å². The van der Waals surface area contributed by atoms with Crippen molar-refractivity contribution in [2.24, 2.45) is 0 Å². The first-order valence-corrected chi connectivity index (χ1v) is 10.5. The van der Waals surface area contributed by atoms with Crippen molar-refractivity contribution >= 4 is 28.2 Å². The molecule has 0 unspecified atom stereocenters. The van der Waals surface area contributed by atoms with Gasteiger partial charge in [0.2, 0.25) is 0 Å². The monoisotopic (exact) mass is 389 g/mol. The summed E-state index contributed by atoms with van der Waals surface area (Å²) in [6, 6.07) is 0. The maximum Gasteiger partial charge on any atom is 0.341 e. The average molecular weight is 390 g/mol. The first-order valence-electron chi connectivity index (χ1n) is 9.64. The van der Waals surface area contributed by atoms with Gasteiger partial charge < -0.3 is 10.1 Å². The summed E-state index contributed by atoms with van der Waals surface area (Å²) in [5.74, 6) is -0.544. The van der Waals surface area contributed by atoms with Gasteiger partial charge in [-0.3, -0.25) is 9.48 Å². The molecule has 0 radical (unpaired) electrons. The van der Waals surface area contributed by atoms with E-state index in [1.807, 2.05) is 32.4 Å². The normalized spacial score (nSPS) is 13.3. The van der Waals surface area contributed by atoms with E-state index >= 15 is 0 Å². The number of fused-ring (bicyclic) bond motifs is 1. The van der Waals surface area contributed by atoms with E-state index < -0.39 is 0 Å². The summed E-state index contributed by atoms with van der Waals surface area (Å²) < 4.78 is 7.22. The van der Waals surface area contributed by atoms with Crippen LogP contribution in [0.2, 0.25) is 0 Å². The molecule has 2 heterocycles. The van der Waals surface area contributed by atoms with Crippen LogP contribution in [-0.4, -0.2) is 28.3 Å². The summed E-state index contributed by atoms with van der Waals surface area (Å²) in [6.07, 6.45) is 4.77. The molecule has 0 fully saturated rings. The smallest absolute Gasteiger partial charge is 0.341 e. The minimum atomic E-state index is -0.329. The quantitative estimate of drug-likeness (QED) is 0.749. The topological polar surface area (TPSA) is 73.2 Å². The molecular formula is C20H27N3O3S. The minimum absolute atomic E-state index is 0.215. The first kappa shape index (κ1) is 19.6. The van der Waals surface area contributed by atoms with E-state index in [1.54, 1.807) is 0 Å². The van der Waals surface area contributed by atoms with Crippen LogP contribution < -0.4 is 5.32 Å². The van der Waals surface area contributed by atoms with Crippen molar-refractivity contribution in [3.63, 3.8) is 0 Å². The van der Waals surface area contributed by atoms with Gasteiger partial charge in [0.25, 0.3) is 5.91 Å². The van der Waals surface area contributed by atoms with Gasteiger partial charge >= 0.3 is 5.97 Å². The van der Waals surface area contributed by atoms with E-state index in [4.69, 9.17) is 4.74 Å². The number of carbonyl (C=O) groups excluding carboxylic acids is 2. The van der Waals surface area contributed by atoms with E-state index in [-0.39, 0.29) is 11.9 Å². The van der Waals surface area contributed by atoms with Crippen LogP contribution in [0, 0.1) is 13.8 Å². The molecule has 2 aromatic rings. The van der Waals surface area contributed by atoms with Crippen LogP contribution in [0.1, 0.15) is 75.7 Å². The highest BCUT2D eigenvalue weighted by molar-refractivity contribution is 7.17. The third-order valence-corrected chi connectivity index (χ3v) is 6.16. The fourth-order valence-corrected chi connectivity index (χ4v) is 4.91. The third-order valence-electron chi connectivity index (χ3n) is 4.95. The zero-order valence-electron chi connectivity index (χ0n) is 16.5. The third kappa shape index (κ3) is 3.78. The molecule has 1 aliphatic carbocycles. The Balaban J connectivity index is 1.94. The van der Waals surface area contributed by atoms with Gasteiger partial charge in [-0.2, -0.15) is 5.10 Å². The van der Waals surface area contributed by atoms with Gasteiger partial charge in [0.1, 0.15) is 5.00 Å². The van der Waals surface area contributed by atoms with E-state index in [0.717, 1.165) is 43.4 Å². The van der Waals surface area contributed by atoms with Crippen molar-refractivity contribution in [3.8, 4) is 0 Å². The fourth-order valence-electron chi connectivity index (χ4n) is 3.64. The Morgan fingerprint density at radius 3 is 2.59 bits per heavy atom. The molecular weight excluding hydrogens is 362 g/mol. The lowest BCUT2D eigenvalue weighted by Crippen LogP contribution is -2.17. The molecule has 7 heteroatoms. The molecule has 0 bridgehead atoms. The zero-order valence-corrected chi connectivity index (χ0v) is 17.3. The predicted molar refractivity (Wildman–Crippen MR) is 107 cm³/mol. The molecule has 27 heavy (non-hydrogen) atoms. The highest BCUT2D eigenvalue weighted by atomic mass is 32.1. The van der Waals surface area contributed by atoms with Gasteiger partial charge in [-0.1, -0.05) is 6.92 Å². The van der Waals surface area contributed by atoms with Gasteiger partial charge in [-0.15, -0.1) is 11.3 Å². The number of amides is 1. The summed E-state index contributed by atoms with van der Waals surface area (Å²) in [7, 11) is 0. The second-order valence-electron chi connectivity index (χ2n) is 6.87. The molecule has 0 spiro atoms. The van der Waals surface area contributed by atoms with Crippen molar-refractivity contribution in [2.75, 3.05) is 11.9 Å². The van der Waals surface area contributed by atoms with Crippen molar-refractivity contribution in [1.82, 2.24) is 9.78 Å².